The molecular formula is C26H28Cl2F4N6O. The van der Waals surface area contributed by atoms with Crippen LogP contribution in [0.4, 0.5) is 34.9 Å². The predicted octanol–water partition coefficient (Wildman–Crippen LogP) is 6.78. The van der Waals surface area contributed by atoms with Crippen LogP contribution in [0.3, 0.4) is 0 Å². The SMILES string of the molecule is Cc1nc(N2CCCC(F)(F)CC2)c(C(=O)Nc2c(Cl)c(C)nc(N3CCCC(F)(F)CC3)c2C#N)cc1Cl. The summed E-state index contributed by atoms with van der Waals surface area (Å²) in [6.45, 7) is 3.73. The van der Waals surface area contributed by atoms with Crippen molar-refractivity contribution in [3.05, 3.63) is 38.6 Å². The number of aromatic nitrogens is 2. The normalized spacial score (nSPS) is 19.2. The Labute approximate surface area is 234 Å². The summed E-state index contributed by atoms with van der Waals surface area (Å²) in [5.41, 5.74) is 0.669. The average Bonchev–Trinajstić information content (AvgIpc) is 3.16. The second kappa shape index (κ2) is 11.3. The first kappa shape index (κ1) is 29.2. The molecule has 7 nitrogen and oxygen atoms in total. The number of nitrogens with one attached hydrogen (secondary N) is 1. The van der Waals surface area contributed by atoms with Gasteiger partial charge in [-0.3, -0.25) is 4.79 Å². The molecule has 39 heavy (non-hydrogen) atoms. The van der Waals surface area contributed by atoms with Crippen LogP contribution in [0.5, 0.6) is 0 Å². The van der Waals surface area contributed by atoms with Crippen LogP contribution in [0.1, 0.15) is 65.8 Å². The molecule has 1 amide bonds. The van der Waals surface area contributed by atoms with Crippen LogP contribution >= 0.6 is 23.2 Å². The molecule has 0 unspecified atom stereocenters. The zero-order valence-electron chi connectivity index (χ0n) is 21.6. The topological polar surface area (TPSA) is 85.2 Å². The largest absolute Gasteiger partial charge is 0.356 e. The summed E-state index contributed by atoms with van der Waals surface area (Å²) in [4.78, 5) is 25.7. The van der Waals surface area contributed by atoms with Gasteiger partial charge in [-0.25, -0.2) is 27.5 Å². The smallest absolute Gasteiger partial charge is 0.259 e. The maximum Gasteiger partial charge on any atom is 0.259 e. The number of anilines is 3. The minimum atomic E-state index is -2.81. The Kier molecular flexibility index (Phi) is 8.47. The molecule has 0 aliphatic carbocycles. The Balaban J connectivity index is 1.72. The summed E-state index contributed by atoms with van der Waals surface area (Å²) in [5.74, 6) is -5.97. The number of pyridine rings is 2. The van der Waals surface area contributed by atoms with Crippen LogP contribution in [0.25, 0.3) is 0 Å². The fourth-order valence-corrected chi connectivity index (χ4v) is 5.16. The second-order valence-corrected chi connectivity index (χ2v) is 10.8. The molecule has 4 heterocycles. The number of hydrogen-bond acceptors (Lipinski definition) is 6. The van der Waals surface area contributed by atoms with Crippen molar-refractivity contribution in [1.82, 2.24) is 9.97 Å². The second-order valence-electron chi connectivity index (χ2n) is 9.97. The molecule has 0 atom stereocenters. The molecule has 2 aromatic rings. The van der Waals surface area contributed by atoms with Gasteiger partial charge in [-0.2, -0.15) is 5.26 Å². The standard InChI is InChI=1S/C26H28Cl2F4N6O/c1-15-19(27)13-17(22(34-15)37-9-3-5-25(29,30)7-11-37)24(39)36-21-18(14-33)23(35-16(2)20(21)28)38-10-4-6-26(31,32)8-12-38/h13H,3-12H2,1-2H3,(H,35,36,39). The van der Waals surface area contributed by atoms with Crippen molar-refractivity contribution in [3.63, 3.8) is 0 Å². The first-order valence-electron chi connectivity index (χ1n) is 12.7. The van der Waals surface area contributed by atoms with Gasteiger partial charge in [0, 0.05) is 51.9 Å². The maximum atomic E-state index is 14.0. The zero-order valence-corrected chi connectivity index (χ0v) is 23.1. The molecule has 0 bridgehead atoms. The quantitative estimate of drug-likeness (QED) is 0.398. The monoisotopic (exact) mass is 586 g/mol. The van der Waals surface area contributed by atoms with E-state index in [-0.39, 0.29) is 96.8 Å². The van der Waals surface area contributed by atoms with Gasteiger partial charge in [-0.1, -0.05) is 23.2 Å². The highest BCUT2D eigenvalue weighted by Crippen LogP contribution is 2.38. The summed E-state index contributed by atoms with van der Waals surface area (Å²) in [6, 6.07) is 3.42. The van der Waals surface area contributed by atoms with Crippen molar-refractivity contribution in [2.75, 3.05) is 41.3 Å². The number of hydrogen-bond donors (Lipinski definition) is 1. The Morgan fingerprint density at radius 1 is 0.923 bits per heavy atom. The Morgan fingerprint density at radius 2 is 1.46 bits per heavy atom. The van der Waals surface area contributed by atoms with Crippen LogP contribution in [-0.4, -0.2) is 53.9 Å². The number of halogens is 6. The van der Waals surface area contributed by atoms with E-state index in [0.717, 1.165) is 0 Å². The van der Waals surface area contributed by atoms with Gasteiger partial charge in [0.1, 0.15) is 23.3 Å². The van der Waals surface area contributed by atoms with E-state index in [2.05, 4.69) is 15.3 Å². The fourth-order valence-electron chi connectivity index (χ4n) is 4.83. The minimum absolute atomic E-state index is 0.0103. The number of nitrogens with zero attached hydrogens (tertiary/aromatic N) is 5. The highest BCUT2D eigenvalue weighted by Gasteiger charge is 2.35. The van der Waals surface area contributed by atoms with Gasteiger partial charge in [-0.15, -0.1) is 0 Å². The third-order valence-electron chi connectivity index (χ3n) is 7.05. The van der Waals surface area contributed by atoms with Gasteiger partial charge < -0.3 is 15.1 Å². The van der Waals surface area contributed by atoms with Crippen molar-refractivity contribution in [1.29, 1.82) is 5.26 Å². The molecule has 0 aromatic carbocycles. The minimum Gasteiger partial charge on any atom is -0.356 e. The molecule has 2 aromatic heterocycles. The lowest BCUT2D eigenvalue weighted by molar-refractivity contribution is -0.0108. The molecular weight excluding hydrogens is 559 g/mol. The number of carbonyl (C=O) groups is 1. The average molecular weight is 587 g/mol. The third kappa shape index (κ3) is 6.49. The Bertz CT molecular complexity index is 1320. The lowest BCUT2D eigenvalue weighted by Crippen LogP contribution is -2.30. The molecule has 2 saturated heterocycles. The van der Waals surface area contributed by atoms with Crippen molar-refractivity contribution < 1.29 is 22.4 Å². The molecule has 0 radical (unpaired) electrons. The van der Waals surface area contributed by atoms with Gasteiger partial charge in [0.05, 0.1) is 32.7 Å². The highest BCUT2D eigenvalue weighted by molar-refractivity contribution is 6.35. The molecule has 4 rings (SSSR count). The molecule has 0 spiro atoms. The van der Waals surface area contributed by atoms with Crippen LogP contribution in [0.2, 0.25) is 10.0 Å². The van der Waals surface area contributed by atoms with E-state index in [1.54, 1.807) is 23.6 Å². The van der Waals surface area contributed by atoms with Crippen LogP contribution < -0.4 is 15.1 Å². The molecule has 210 valence electrons. The highest BCUT2D eigenvalue weighted by atomic mass is 35.5. The number of alkyl halides is 4. The number of amides is 1. The van der Waals surface area contributed by atoms with E-state index in [1.165, 1.54) is 6.07 Å². The summed E-state index contributed by atoms with van der Waals surface area (Å²) >= 11 is 12.8. The number of aryl methyl sites for hydroxylation is 2. The van der Waals surface area contributed by atoms with Crippen molar-refractivity contribution in [2.24, 2.45) is 0 Å². The van der Waals surface area contributed by atoms with Gasteiger partial charge in [-0.05, 0) is 32.8 Å². The molecule has 2 aliphatic heterocycles. The molecule has 0 saturated carbocycles. The van der Waals surface area contributed by atoms with E-state index in [9.17, 15) is 27.6 Å². The maximum absolute atomic E-state index is 14.0. The van der Waals surface area contributed by atoms with Crippen molar-refractivity contribution in [2.45, 2.75) is 64.2 Å². The van der Waals surface area contributed by atoms with E-state index < -0.39 is 24.2 Å². The first-order valence-corrected chi connectivity index (χ1v) is 13.4. The first-order chi connectivity index (χ1) is 18.3. The molecule has 2 aliphatic rings. The van der Waals surface area contributed by atoms with Gasteiger partial charge in [0.25, 0.3) is 5.91 Å². The van der Waals surface area contributed by atoms with E-state index >= 15 is 0 Å². The lowest BCUT2D eigenvalue weighted by atomic mass is 10.1. The third-order valence-corrected chi connectivity index (χ3v) is 7.89. The summed E-state index contributed by atoms with van der Waals surface area (Å²) < 4.78 is 56.0. The summed E-state index contributed by atoms with van der Waals surface area (Å²) in [7, 11) is 0. The van der Waals surface area contributed by atoms with Crippen LogP contribution in [0.15, 0.2) is 6.07 Å². The van der Waals surface area contributed by atoms with Crippen molar-refractivity contribution >= 4 is 46.4 Å². The number of nitriles is 1. The van der Waals surface area contributed by atoms with Gasteiger partial charge in [0.15, 0.2) is 0 Å². The Hall–Kier alpha value is -2.84. The molecule has 1 N–H and O–H groups in total. The van der Waals surface area contributed by atoms with Crippen molar-refractivity contribution in [3.8, 4) is 6.07 Å². The Morgan fingerprint density at radius 3 is 2.03 bits per heavy atom. The number of rotatable bonds is 4. The predicted molar refractivity (Wildman–Crippen MR) is 143 cm³/mol. The fraction of sp³-hybridized carbons (Fsp3) is 0.538. The van der Waals surface area contributed by atoms with E-state index in [1.807, 2.05) is 6.07 Å². The summed E-state index contributed by atoms with van der Waals surface area (Å²) in [5, 5.41) is 12.9. The lowest BCUT2D eigenvalue weighted by Gasteiger charge is -2.26. The van der Waals surface area contributed by atoms with Crippen LogP contribution in [-0.2, 0) is 0 Å². The van der Waals surface area contributed by atoms with E-state index in [4.69, 9.17) is 23.2 Å². The summed E-state index contributed by atoms with van der Waals surface area (Å²) in [6.07, 6.45) is -0.898. The van der Waals surface area contributed by atoms with Gasteiger partial charge in [0.2, 0.25) is 11.8 Å². The van der Waals surface area contributed by atoms with E-state index in [0.29, 0.717) is 11.4 Å². The zero-order chi connectivity index (χ0) is 28.5. The number of carbonyl (C=O) groups excluding carboxylic acids is 1. The van der Waals surface area contributed by atoms with Gasteiger partial charge >= 0.3 is 0 Å². The molecule has 13 heteroatoms. The van der Waals surface area contributed by atoms with Crippen LogP contribution in [0, 0.1) is 25.2 Å². The molecule has 2 fully saturated rings.